The average Bonchev–Trinajstić information content (AvgIpc) is 2.37. The highest BCUT2D eigenvalue weighted by atomic mass is 31.2. The Hall–Kier alpha value is -1.36. The quantitative estimate of drug-likeness (QED) is 0.771. The van der Waals surface area contributed by atoms with Gasteiger partial charge in [-0.2, -0.15) is 0 Å². The van der Waals surface area contributed by atoms with Gasteiger partial charge in [-0.1, -0.05) is 30.3 Å². The molecule has 6 nitrogen and oxygen atoms in total. The van der Waals surface area contributed by atoms with Crippen molar-refractivity contribution in [3.05, 3.63) is 35.9 Å². The van der Waals surface area contributed by atoms with Gasteiger partial charge >= 0.3 is 13.7 Å². The molecule has 1 aromatic carbocycles. The van der Waals surface area contributed by atoms with Crippen molar-refractivity contribution < 1.29 is 23.5 Å². The summed E-state index contributed by atoms with van der Waals surface area (Å²) in [6.45, 7) is 0.184. The van der Waals surface area contributed by atoms with Crippen molar-refractivity contribution in [1.29, 1.82) is 0 Å². The fourth-order valence-corrected chi connectivity index (χ4v) is 1.74. The van der Waals surface area contributed by atoms with Gasteiger partial charge in [0, 0.05) is 13.7 Å². The molecule has 7 heteroatoms. The SMILES string of the molecule is COP(=O)(O)CCNC(=O)OCc1ccccc1. The number of hydrogen-bond acceptors (Lipinski definition) is 4. The van der Waals surface area contributed by atoms with Gasteiger partial charge in [-0.25, -0.2) is 4.79 Å². The van der Waals surface area contributed by atoms with Gasteiger partial charge in [0.1, 0.15) is 6.61 Å². The van der Waals surface area contributed by atoms with Crippen molar-refractivity contribution in [2.75, 3.05) is 19.8 Å². The van der Waals surface area contributed by atoms with Crippen molar-refractivity contribution in [2.24, 2.45) is 0 Å². The van der Waals surface area contributed by atoms with Gasteiger partial charge in [0.15, 0.2) is 0 Å². The molecule has 0 saturated carbocycles. The Morgan fingerprint density at radius 3 is 2.67 bits per heavy atom. The molecule has 0 fully saturated rings. The smallest absolute Gasteiger partial charge is 0.407 e. The molecule has 0 spiro atoms. The van der Waals surface area contributed by atoms with Crippen molar-refractivity contribution in [1.82, 2.24) is 5.32 Å². The van der Waals surface area contributed by atoms with Crippen LogP contribution >= 0.6 is 7.60 Å². The van der Waals surface area contributed by atoms with E-state index in [-0.39, 0.29) is 19.3 Å². The molecular formula is C11H16NO5P. The molecule has 1 atom stereocenters. The molecule has 100 valence electrons. The summed E-state index contributed by atoms with van der Waals surface area (Å²) in [4.78, 5) is 20.3. The number of hydrogen-bond donors (Lipinski definition) is 2. The number of rotatable bonds is 6. The third-order valence-electron chi connectivity index (χ3n) is 2.16. The van der Waals surface area contributed by atoms with Crippen LogP contribution in [0.4, 0.5) is 4.79 Å². The fraction of sp³-hybridized carbons (Fsp3) is 0.364. The zero-order chi connectivity index (χ0) is 13.4. The first-order valence-electron chi connectivity index (χ1n) is 5.35. The molecule has 0 radical (unpaired) electrons. The van der Waals surface area contributed by atoms with E-state index in [0.29, 0.717) is 0 Å². The van der Waals surface area contributed by atoms with Crippen LogP contribution in [-0.2, 0) is 20.4 Å². The van der Waals surface area contributed by atoms with Gasteiger partial charge in [0.25, 0.3) is 0 Å². The van der Waals surface area contributed by atoms with Gasteiger partial charge < -0.3 is 19.5 Å². The van der Waals surface area contributed by atoms with Crippen LogP contribution in [-0.4, -0.2) is 30.8 Å². The molecule has 0 saturated heterocycles. The monoisotopic (exact) mass is 273 g/mol. The van der Waals surface area contributed by atoms with Crippen LogP contribution in [0.1, 0.15) is 5.56 Å². The second kappa shape index (κ2) is 7.16. The van der Waals surface area contributed by atoms with Crippen LogP contribution in [0.2, 0.25) is 0 Å². The number of carbonyl (C=O) groups excluding carboxylic acids is 1. The Morgan fingerprint density at radius 2 is 2.06 bits per heavy atom. The van der Waals surface area contributed by atoms with Gasteiger partial charge in [-0.05, 0) is 5.56 Å². The van der Waals surface area contributed by atoms with Crippen LogP contribution in [0.25, 0.3) is 0 Å². The largest absolute Gasteiger partial charge is 0.445 e. The van der Waals surface area contributed by atoms with E-state index in [1.165, 1.54) is 0 Å². The van der Waals surface area contributed by atoms with Crippen molar-refractivity contribution in [3.63, 3.8) is 0 Å². The van der Waals surface area contributed by atoms with Gasteiger partial charge in [0.2, 0.25) is 0 Å². The van der Waals surface area contributed by atoms with Gasteiger partial charge in [0.05, 0.1) is 6.16 Å². The number of alkyl carbamates (subject to hydrolysis) is 1. The number of ether oxygens (including phenoxy) is 1. The van der Waals surface area contributed by atoms with E-state index < -0.39 is 13.7 Å². The average molecular weight is 273 g/mol. The van der Waals surface area contributed by atoms with E-state index in [0.717, 1.165) is 12.7 Å². The molecule has 0 aliphatic rings. The van der Waals surface area contributed by atoms with Crippen LogP contribution < -0.4 is 5.32 Å². The summed E-state index contributed by atoms with van der Waals surface area (Å²) in [5, 5.41) is 2.37. The predicted molar refractivity (Wildman–Crippen MR) is 66.3 cm³/mol. The normalized spacial score (nSPS) is 13.7. The maximum Gasteiger partial charge on any atom is 0.407 e. The highest BCUT2D eigenvalue weighted by molar-refractivity contribution is 7.52. The first kappa shape index (κ1) is 14.7. The molecule has 1 rings (SSSR count). The molecule has 0 heterocycles. The summed E-state index contributed by atoms with van der Waals surface area (Å²) in [6.07, 6.45) is -0.779. The van der Waals surface area contributed by atoms with Crippen molar-refractivity contribution >= 4 is 13.7 Å². The highest BCUT2D eigenvalue weighted by Crippen LogP contribution is 2.39. The molecule has 18 heavy (non-hydrogen) atoms. The Morgan fingerprint density at radius 1 is 1.39 bits per heavy atom. The minimum absolute atomic E-state index is 0.0231. The molecule has 0 bridgehead atoms. The van der Waals surface area contributed by atoms with E-state index in [1.807, 2.05) is 30.3 Å². The Labute approximate surface area is 105 Å². The molecular weight excluding hydrogens is 257 g/mol. The topological polar surface area (TPSA) is 84.9 Å². The zero-order valence-corrected chi connectivity index (χ0v) is 10.9. The summed E-state index contributed by atoms with van der Waals surface area (Å²) in [5.41, 5.74) is 0.873. The van der Waals surface area contributed by atoms with E-state index in [4.69, 9.17) is 9.63 Å². The Balaban J connectivity index is 2.21. The van der Waals surface area contributed by atoms with Crippen molar-refractivity contribution in [2.45, 2.75) is 6.61 Å². The third-order valence-corrected chi connectivity index (χ3v) is 3.52. The molecule has 2 N–H and O–H groups in total. The lowest BCUT2D eigenvalue weighted by Gasteiger charge is -2.10. The number of amides is 1. The van der Waals surface area contributed by atoms with Crippen LogP contribution in [0, 0.1) is 0 Å². The van der Waals surface area contributed by atoms with Gasteiger partial charge in [-0.3, -0.25) is 4.57 Å². The molecule has 1 aromatic rings. The molecule has 0 aliphatic carbocycles. The van der Waals surface area contributed by atoms with Crippen LogP contribution in [0.5, 0.6) is 0 Å². The predicted octanol–water partition coefficient (Wildman–Crippen LogP) is 1.74. The number of nitrogens with one attached hydrogen (secondary N) is 1. The minimum Gasteiger partial charge on any atom is -0.445 e. The summed E-state index contributed by atoms with van der Waals surface area (Å²) in [6, 6.07) is 9.22. The van der Waals surface area contributed by atoms with Crippen LogP contribution in [0.15, 0.2) is 30.3 Å². The maximum absolute atomic E-state index is 11.2. The summed E-state index contributed by atoms with van der Waals surface area (Å²) in [7, 11) is -2.43. The molecule has 1 amide bonds. The summed E-state index contributed by atoms with van der Waals surface area (Å²) >= 11 is 0. The minimum atomic E-state index is -3.58. The number of benzene rings is 1. The van der Waals surface area contributed by atoms with E-state index in [2.05, 4.69) is 9.84 Å². The lowest BCUT2D eigenvalue weighted by Crippen LogP contribution is -2.27. The highest BCUT2D eigenvalue weighted by Gasteiger charge is 2.16. The Bertz CT molecular complexity index is 423. The van der Waals surface area contributed by atoms with E-state index >= 15 is 0 Å². The van der Waals surface area contributed by atoms with Crippen LogP contribution in [0.3, 0.4) is 0 Å². The summed E-state index contributed by atoms with van der Waals surface area (Å²) in [5.74, 6) is 0. The first-order chi connectivity index (χ1) is 8.53. The first-order valence-corrected chi connectivity index (χ1v) is 7.12. The number of carbonyl (C=O) groups is 1. The standard InChI is InChI=1S/C11H16NO5P/c1-16-18(14,15)8-7-12-11(13)17-9-10-5-3-2-4-6-10/h2-6H,7-9H2,1H3,(H,12,13)(H,14,15). The fourth-order valence-electron chi connectivity index (χ4n) is 1.16. The molecule has 1 unspecified atom stereocenters. The lowest BCUT2D eigenvalue weighted by atomic mass is 10.2. The van der Waals surface area contributed by atoms with Crippen molar-refractivity contribution in [3.8, 4) is 0 Å². The second-order valence-corrected chi connectivity index (χ2v) is 5.62. The van der Waals surface area contributed by atoms with Gasteiger partial charge in [-0.15, -0.1) is 0 Å². The maximum atomic E-state index is 11.2. The third kappa shape index (κ3) is 5.82. The Kier molecular flexibility index (Phi) is 5.85. The second-order valence-electron chi connectivity index (χ2n) is 3.53. The van der Waals surface area contributed by atoms with E-state index in [9.17, 15) is 9.36 Å². The zero-order valence-electron chi connectivity index (χ0n) is 10.0. The molecule has 0 aromatic heterocycles. The molecule has 0 aliphatic heterocycles. The lowest BCUT2D eigenvalue weighted by molar-refractivity contribution is 0.140. The van der Waals surface area contributed by atoms with E-state index in [1.54, 1.807) is 0 Å². The summed E-state index contributed by atoms with van der Waals surface area (Å²) < 4.78 is 20.4.